The molecule has 0 aliphatic heterocycles. The summed E-state index contributed by atoms with van der Waals surface area (Å²) in [7, 11) is 0. The minimum atomic E-state index is -0.520. The summed E-state index contributed by atoms with van der Waals surface area (Å²) in [6, 6.07) is 21.3. The Morgan fingerprint density at radius 2 is 1.66 bits per heavy atom. The maximum Gasteiger partial charge on any atom is 0.243 e. The lowest BCUT2D eigenvalue weighted by Crippen LogP contribution is -2.50. The first kappa shape index (κ1) is 23.8. The SMILES string of the molecule is CC[C@H](C(=O)NC(C)C)N(Cc1ccc(Cl)cc1)C(=O)CCc1cccc2ccccc12. The number of amides is 2. The number of hydrogen-bond acceptors (Lipinski definition) is 2. The number of carbonyl (C=O) groups is 2. The predicted octanol–water partition coefficient (Wildman–Crippen LogP) is 5.76. The summed E-state index contributed by atoms with van der Waals surface area (Å²) in [4.78, 5) is 28.0. The fraction of sp³-hybridized carbons (Fsp3) is 0.333. The molecular formula is C27H31ClN2O2. The van der Waals surface area contributed by atoms with Gasteiger partial charge in [0.25, 0.3) is 0 Å². The molecule has 3 rings (SSSR count). The molecule has 0 saturated heterocycles. The van der Waals surface area contributed by atoms with Gasteiger partial charge in [-0.3, -0.25) is 9.59 Å². The minimum absolute atomic E-state index is 0.0136. The fourth-order valence-electron chi connectivity index (χ4n) is 3.98. The van der Waals surface area contributed by atoms with Gasteiger partial charge in [0.15, 0.2) is 0 Å². The Kier molecular flexibility index (Phi) is 8.29. The predicted molar refractivity (Wildman–Crippen MR) is 132 cm³/mol. The van der Waals surface area contributed by atoms with Crippen molar-refractivity contribution in [1.29, 1.82) is 0 Å². The van der Waals surface area contributed by atoms with Crippen LogP contribution in [0.25, 0.3) is 10.8 Å². The van der Waals surface area contributed by atoms with Crippen LogP contribution in [-0.2, 0) is 22.6 Å². The third-order valence-electron chi connectivity index (χ3n) is 5.57. The minimum Gasteiger partial charge on any atom is -0.352 e. The zero-order chi connectivity index (χ0) is 23.1. The second kappa shape index (κ2) is 11.1. The lowest BCUT2D eigenvalue weighted by atomic mass is 10.00. The highest BCUT2D eigenvalue weighted by Gasteiger charge is 2.28. The summed E-state index contributed by atoms with van der Waals surface area (Å²) in [5, 5.41) is 5.94. The van der Waals surface area contributed by atoms with E-state index in [0.717, 1.165) is 16.5 Å². The van der Waals surface area contributed by atoms with Crippen LogP contribution in [0.2, 0.25) is 5.02 Å². The lowest BCUT2D eigenvalue weighted by Gasteiger charge is -2.31. The van der Waals surface area contributed by atoms with E-state index in [1.54, 1.807) is 4.90 Å². The Morgan fingerprint density at radius 1 is 0.969 bits per heavy atom. The van der Waals surface area contributed by atoms with Gasteiger partial charge in [-0.15, -0.1) is 0 Å². The lowest BCUT2D eigenvalue weighted by molar-refractivity contribution is -0.141. The molecule has 168 valence electrons. The molecule has 0 radical (unpaired) electrons. The van der Waals surface area contributed by atoms with Crippen molar-refractivity contribution in [1.82, 2.24) is 10.2 Å². The first-order valence-corrected chi connectivity index (χ1v) is 11.6. The summed E-state index contributed by atoms with van der Waals surface area (Å²) in [5.74, 6) is -0.145. The smallest absolute Gasteiger partial charge is 0.243 e. The van der Waals surface area contributed by atoms with Gasteiger partial charge in [-0.25, -0.2) is 0 Å². The number of hydrogen-bond donors (Lipinski definition) is 1. The number of nitrogens with zero attached hydrogens (tertiary/aromatic N) is 1. The van der Waals surface area contributed by atoms with Crippen LogP contribution in [0.4, 0.5) is 0 Å². The average Bonchev–Trinajstić information content (AvgIpc) is 2.78. The second-order valence-corrected chi connectivity index (χ2v) is 8.81. The normalized spacial score (nSPS) is 12.0. The molecule has 3 aromatic rings. The van der Waals surface area contributed by atoms with Gasteiger partial charge in [-0.1, -0.05) is 73.1 Å². The van der Waals surface area contributed by atoms with Crippen LogP contribution in [0.3, 0.4) is 0 Å². The van der Waals surface area contributed by atoms with Crippen LogP contribution in [0, 0.1) is 0 Å². The molecule has 4 nitrogen and oxygen atoms in total. The van der Waals surface area contributed by atoms with E-state index in [0.29, 0.717) is 30.8 Å². The van der Waals surface area contributed by atoms with Crippen LogP contribution in [0.5, 0.6) is 0 Å². The standard InChI is InChI=1S/C27H31ClN2O2/c1-4-25(27(32)29-19(2)3)30(18-20-12-15-23(28)16-13-20)26(31)17-14-22-10-7-9-21-8-5-6-11-24(21)22/h5-13,15-16,19,25H,4,14,17-18H2,1-3H3,(H,29,32)/t25-/m1/s1. The molecule has 0 aromatic heterocycles. The highest BCUT2D eigenvalue weighted by atomic mass is 35.5. The van der Waals surface area contributed by atoms with Crippen LogP contribution in [0.1, 0.15) is 44.7 Å². The van der Waals surface area contributed by atoms with Gasteiger partial charge < -0.3 is 10.2 Å². The van der Waals surface area contributed by atoms with Gasteiger partial charge in [0.05, 0.1) is 0 Å². The quantitative estimate of drug-likeness (QED) is 0.450. The Hall–Kier alpha value is -2.85. The molecule has 32 heavy (non-hydrogen) atoms. The van der Waals surface area contributed by atoms with Gasteiger partial charge in [0.1, 0.15) is 6.04 Å². The Bertz CT molecular complexity index is 1060. The van der Waals surface area contributed by atoms with Crippen molar-refractivity contribution in [2.45, 2.75) is 58.7 Å². The zero-order valence-electron chi connectivity index (χ0n) is 19.0. The molecule has 1 atom stereocenters. The molecule has 0 unspecified atom stereocenters. The zero-order valence-corrected chi connectivity index (χ0v) is 19.7. The summed E-state index contributed by atoms with van der Waals surface area (Å²) < 4.78 is 0. The van der Waals surface area contributed by atoms with Crippen LogP contribution in [-0.4, -0.2) is 28.8 Å². The van der Waals surface area contributed by atoms with E-state index in [1.165, 1.54) is 5.39 Å². The maximum absolute atomic E-state index is 13.4. The van der Waals surface area contributed by atoms with Crippen LogP contribution < -0.4 is 5.32 Å². The number of aryl methyl sites for hydroxylation is 1. The average molecular weight is 451 g/mol. The summed E-state index contributed by atoms with van der Waals surface area (Å²) in [6.45, 7) is 6.17. The molecule has 0 aliphatic carbocycles. The monoisotopic (exact) mass is 450 g/mol. The van der Waals surface area contributed by atoms with Crippen molar-refractivity contribution < 1.29 is 9.59 Å². The molecule has 3 aromatic carbocycles. The van der Waals surface area contributed by atoms with Crippen LogP contribution in [0.15, 0.2) is 66.7 Å². The molecule has 0 aliphatic rings. The van der Waals surface area contributed by atoms with Gasteiger partial charge >= 0.3 is 0 Å². The van der Waals surface area contributed by atoms with Crippen molar-refractivity contribution in [2.75, 3.05) is 0 Å². The van der Waals surface area contributed by atoms with Gasteiger partial charge in [-0.05, 0) is 60.7 Å². The van der Waals surface area contributed by atoms with E-state index in [-0.39, 0.29) is 17.9 Å². The molecule has 0 spiro atoms. The molecule has 5 heteroatoms. The van der Waals surface area contributed by atoms with Crippen LogP contribution >= 0.6 is 11.6 Å². The van der Waals surface area contributed by atoms with Crippen molar-refractivity contribution in [2.24, 2.45) is 0 Å². The summed E-state index contributed by atoms with van der Waals surface area (Å²) in [5.41, 5.74) is 2.09. The Balaban J connectivity index is 1.82. The van der Waals surface area contributed by atoms with E-state index in [4.69, 9.17) is 11.6 Å². The number of benzene rings is 3. The number of halogens is 1. The third-order valence-corrected chi connectivity index (χ3v) is 5.82. The van der Waals surface area contributed by atoms with Crippen molar-refractivity contribution in [3.05, 3.63) is 82.9 Å². The summed E-state index contributed by atoms with van der Waals surface area (Å²) >= 11 is 6.03. The third kappa shape index (κ3) is 6.10. The maximum atomic E-state index is 13.4. The Morgan fingerprint density at radius 3 is 2.34 bits per heavy atom. The molecule has 0 saturated carbocycles. The van der Waals surface area contributed by atoms with Crippen molar-refractivity contribution >= 4 is 34.2 Å². The molecule has 2 amide bonds. The highest BCUT2D eigenvalue weighted by molar-refractivity contribution is 6.30. The van der Waals surface area contributed by atoms with E-state index < -0.39 is 6.04 Å². The first-order valence-electron chi connectivity index (χ1n) is 11.2. The van der Waals surface area contributed by atoms with E-state index in [9.17, 15) is 9.59 Å². The molecule has 0 fully saturated rings. The van der Waals surface area contributed by atoms with E-state index in [2.05, 4.69) is 29.6 Å². The highest BCUT2D eigenvalue weighted by Crippen LogP contribution is 2.21. The van der Waals surface area contributed by atoms with Crippen molar-refractivity contribution in [3.63, 3.8) is 0 Å². The largest absolute Gasteiger partial charge is 0.352 e. The second-order valence-electron chi connectivity index (χ2n) is 8.37. The Labute approximate surface area is 195 Å². The molecular weight excluding hydrogens is 420 g/mol. The van der Waals surface area contributed by atoms with E-state index >= 15 is 0 Å². The summed E-state index contributed by atoms with van der Waals surface area (Å²) in [6.07, 6.45) is 1.51. The molecule has 1 N–H and O–H groups in total. The molecule has 0 bridgehead atoms. The topological polar surface area (TPSA) is 49.4 Å². The number of fused-ring (bicyclic) bond motifs is 1. The number of carbonyl (C=O) groups excluding carboxylic acids is 2. The van der Waals surface area contributed by atoms with Crippen molar-refractivity contribution in [3.8, 4) is 0 Å². The number of rotatable bonds is 9. The molecule has 0 heterocycles. The van der Waals surface area contributed by atoms with E-state index in [1.807, 2.05) is 63.2 Å². The van der Waals surface area contributed by atoms with Gasteiger partial charge in [0, 0.05) is 24.0 Å². The van der Waals surface area contributed by atoms with Gasteiger partial charge in [-0.2, -0.15) is 0 Å². The van der Waals surface area contributed by atoms with Gasteiger partial charge in [0.2, 0.25) is 11.8 Å². The fourth-order valence-corrected chi connectivity index (χ4v) is 4.11. The number of nitrogens with one attached hydrogen (secondary N) is 1. The first-order chi connectivity index (χ1) is 15.4.